The molecule has 0 unspecified atom stereocenters. The zero-order valence-corrected chi connectivity index (χ0v) is 11.6. The molecular formula is H35Cl2Mg7NaO14P2. The zero-order chi connectivity index (χ0) is 9.00. The molecule has 0 spiro atoms. The zero-order valence-electron chi connectivity index (χ0n) is 8.21. The Kier molecular flexibility index (Phi) is 494. The molecule has 26 heteroatoms. The Balaban J connectivity index is -0.00000000190. The molecule has 0 bridgehead atoms. The van der Waals surface area contributed by atoms with Crippen molar-refractivity contribution in [3.05, 3.63) is 0 Å². The van der Waals surface area contributed by atoms with Gasteiger partial charge in [0.1, 0.15) is 0 Å². The Bertz CT molecular complexity index is 158. The van der Waals surface area contributed by atoms with Gasteiger partial charge >= 0.3 is 207 Å². The van der Waals surface area contributed by atoms with E-state index in [4.69, 9.17) is 38.5 Å². The maximum absolute atomic E-state index is 8.88. The molecule has 0 rings (SSSR count). The molecule has 158 valence electrons. The van der Waals surface area contributed by atoms with E-state index < -0.39 is 15.6 Å². The van der Waals surface area contributed by atoms with Gasteiger partial charge in [0.15, 0.2) is 0 Å². The molecule has 0 radical (unpaired) electrons. The predicted molar refractivity (Wildman–Crippen MR) is 132 cm³/mol. The van der Waals surface area contributed by atoms with E-state index in [0.717, 1.165) is 0 Å². The van der Waals surface area contributed by atoms with Gasteiger partial charge in [-0.05, 0) is 0 Å². The van der Waals surface area contributed by atoms with Gasteiger partial charge < -0.3 is 62.2 Å². The van der Waals surface area contributed by atoms with E-state index in [1.165, 1.54) is 0 Å². The third-order valence-corrected chi connectivity index (χ3v) is 0. The van der Waals surface area contributed by atoms with Crippen LogP contribution in [0.15, 0.2) is 0 Å². The number of hydrogen-bond acceptors (Lipinski definition) is 2. The summed E-state index contributed by atoms with van der Waals surface area (Å²) in [4.78, 5) is 43.1. The molecule has 0 aliphatic heterocycles. The van der Waals surface area contributed by atoms with Crippen LogP contribution in [-0.4, -0.2) is 253 Å². The van der Waals surface area contributed by atoms with Crippen LogP contribution in [0.2, 0.25) is 0 Å². The Morgan fingerprint density at radius 1 is 0.385 bits per heavy atom. The number of rotatable bonds is 0. The van der Waals surface area contributed by atoms with Crippen LogP contribution in [0.25, 0.3) is 0 Å². The third kappa shape index (κ3) is 578. The standard InChI is InChI=1S/2ClH.7Mg.Na.2H3O4P.6H2O.15H/c;;;;;;;;;;2*1-5(2,3)4;;;;;;;;;;;;;;;;;;;;;/h2*1H;;;;;;;;;2*(H3,1,2,3,4);6*1H2;;;;;;;;;;;;;;;. The summed E-state index contributed by atoms with van der Waals surface area (Å²) in [7, 11) is -9.28. The summed E-state index contributed by atoms with van der Waals surface area (Å²) in [6.45, 7) is 0. The molecule has 0 aliphatic rings. The second-order valence-corrected chi connectivity index (χ2v) is 3.08. The summed E-state index contributed by atoms with van der Waals surface area (Å²) >= 11 is 0. The molecule has 0 fully saturated rings. The normalized spacial score (nSPS) is 4.54. The fraction of sp³-hybridized carbons (Fsp3) is 0. The van der Waals surface area contributed by atoms with Crippen LogP contribution in [0, 0.1) is 0 Å². The Morgan fingerprint density at radius 2 is 0.385 bits per heavy atom. The predicted octanol–water partition coefficient (Wildman–Crippen LogP) is -13.0. The Morgan fingerprint density at radius 3 is 0.385 bits per heavy atom. The fourth-order valence-corrected chi connectivity index (χ4v) is 0. The minimum absolute atomic E-state index is 0. The van der Waals surface area contributed by atoms with Gasteiger partial charge in [0.2, 0.25) is 0 Å². The quantitative estimate of drug-likeness (QED) is 0.117. The van der Waals surface area contributed by atoms with Gasteiger partial charge in [-0.15, -0.1) is 24.8 Å². The molecule has 0 amide bonds. The molecule has 0 aromatic rings. The fourth-order valence-electron chi connectivity index (χ4n) is 0. The van der Waals surface area contributed by atoms with E-state index in [1.807, 2.05) is 0 Å². The minimum atomic E-state index is -4.64. The van der Waals surface area contributed by atoms with Crippen molar-refractivity contribution in [3.8, 4) is 0 Å². The topological polar surface area (TPSA) is 345 Å². The van der Waals surface area contributed by atoms with E-state index in [2.05, 4.69) is 0 Å². The van der Waals surface area contributed by atoms with Crippen molar-refractivity contribution >= 4 is 231 Å². The van der Waals surface area contributed by atoms with Crippen LogP contribution >= 0.6 is 40.5 Å². The Hall–Kier alpha value is 6.92. The molecule has 0 heterocycles. The number of phosphoric acid groups is 2. The van der Waals surface area contributed by atoms with Gasteiger partial charge in [-0.25, -0.2) is 9.13 Å². The molecule has 0 aliphatic carbocycles. The van der Waals surface area contributed by atoms with Crippen LogP contribution in [-0.2, 0) is 9.13 Å². The van der Waals surface area contributed by atoms with Gasteiger partial charge in [0, 0.05) is 0 Å². The average molecular weight is 585 g/mol. The molecule has 0 aromatic carbocycles. The summed E-state index contributed by atoms with van der Waals surface area (Å²) in [5, 5.41) is 0. The van der Waals surface area contributed by atoms with Crippen molar-refractivity contribution < 1.29 is 71.3 Å². The SMILES string of the molecule is Cl.Cl.O.O.O.O.O.O.O=P(O)(O)O.O=P(O)(O)O.[MgH2].[MgH2].[MgH2].[MgH2].[MgH2].[MgH2].[MgH2].[NaH]. The van der Waals surface area contributed by atoms with Gasteiger partial charge in [-0.2, -0.15) is 0 Å². The first-order chi connectivity index (χ1) is 4.00. The van der Waals surface area contributed by atoms with E-state index in [0.29, 0.717) is 0 Å². The monoisotopic (exact) mass is 582 g/mol. The summed E-state index contributed by atoms with van der Waals surface area (Å²) in [5.74, 6) is 0. The van der Waals surface area contributed by atoms with Crippen molar-refractivity contribution in [1.29, 1.82) is 0 Å². The summed E-state index contributed by atoms with van der Waals surface area (Å²) in [6, 6.07) is 0. The maximum atomic E-state index is 8.88. The summed E-state index contributed by atoms with van der Waals surface area (Å²) in [6.07, 6.45) is 0. The number of hydrogen-bond donors (Lipinski definition) is 6. The molecular weight excluding hydrogens is 550 g/mol. The van der Waals surface area contributed by atoms with Crippen LogP contribution in [0.4, 0.5) is 0 Å². The molecule has 0 saturated heterocycles. The second-order valence-electron chi connectivity index (χ2n) is 1.03. The van der Waals surface area contributed by atoms with Crippen molar-refractivity contribution in [3.63, 3.8) is 0 Å². The van der Waals surface area contributed by atoms with E-state index in [1.54, 1.807) is 0 Å². The van der Waals surface area contributed by atoms with E-state index in [-0.39, 0.29) is 249 Å². The van der Waals surface area contributed by atoms with Gasteiger partial charge in [-0.3, -0.25) is 0 Å². The van der Waals surface area contributed by atoms with Gasteiger partial charge in [0.25, 0.3) is 0 Å². The van der Waals surface area contributed by atoms with Crippen molar-refractivity contribution in [2.75, 3.05) is 0 Å². The summed E-state index contributed by atoms with van der Waals surface area (Å²) in [5.41, 5.74) is 0. The van der Waals surface area contributed by atoms with Crippen LogP contribution < -0.4 is 0 Å². The molecule has 18 N–H and O–H groups in total. The average Bonchev–Trinajstić information content (AvgIpc) is 1.12. The Labute approximate surface area is 297 Å². The number of halogens is 2. The molecule has 0 saturated carbocycles. The van der Waals surface area contributed by atoms with Crippen molar-refractivity contribution in [2.45, 2.75) is 0 Å². The molecule has 14 nitrogen and oxygen atoms in total. The second kappa shape index (κ2) is 85.2. The third-order valence-electron chi connectivity index (χ3n) is 0. The van der Waals surface area contributed by atoms with Gasteiger partial charge in [-0.1, -0.05) is 0 Å². The molecule has 0 aromatic heterocycles. The first-order valence-corrected chi connectivity index (χ1v) is 4.70. The van der Waals surface area contributed by atoms with Crippen LogP contribution in [0.5, 0.6) is 0 Å². The first kappa shape index (κ1) is 151. The van der Waals surface area contributed by atoms with Crippen LogP contribution in [0.3, 0.4) is 0 Å². The van der Waals surface area contributed by atoms with Crippen molar-refractivity contribution in [2.24, 2.45) is 0 Å². The molecule has 0 atom stereocenters. The first-order valence-electron chi connectivity index (χ1n) is 1.57. The van der Waals surface area contributed by atoms with Crippen LogP contribution in [0.1, 0.15) is 0 Å². The van der Waals surface area contributed by atoms with Gasteiger partial charge in [0.05, 0.1) is 0 Å². The van der Waals surface area contributed by atoms with Crippen molar-refractivity contribution in [1.82, 2.24) is 0 Å². The summed E-state index contributed by atoms with van der Waals surface area (Å²) < 4.78 is 17.8. The van der Waals surface area contributed by atoms with E-state index >= 15 is 0 Å². The molecule has 26 heavy (non-hydrogen) atoms. The van der Waals surface area contributed by atoms with E-state index in [9.17, 15) is 0 Å².